The van der Waals surface area contributed by atoms with Crippen LogP contribution in [0.1, 0.15) is 42.9 Å². The topological polar surface area (TPSA) is 70.2 Å². The summed E-state index contributed by atoms with van der Waals surface area (Å²) in [6, 6.07) is 10.4. The summed E-state index contributed by atoms with van der Waals surface area (Å²) in [5, 5.41) is 7.69. The van der Waals surface area contributed by atoms with Crippen molar-refractivity contribution in [1.29, 1.82) is 0 Å². The highest BCUT2D eigenvalue weighted by atomic mass is 16.5. The maximum Gasteiger partial charge on any atom is 0.225 e. The summed E-state index contributed by atoms with van der Waals surface area (Å²) < 4.78 is 5.28. The number of hydrogen-bond acceptors (Lipinski definition) is 6. The molecule has 3 aromatic rings. The number of benzene rings is 1. The molecular weight excluding hydrogens is 388 g/mol. The molecule has 162 valence electrons. The molecular formula is C24H30N6O. The van der Waals surface area contributed by atoms with Crippen LogP contribution in [0.25, 0.3) is 11.3 Å². The van der Waals surface area contributed by atoms with Crippen LogP contribution in [-0.2, 0) is 6.54 Å². The summed E-state index contributed by atoms with van der Waals surface area (Å²) in [6.45, 7) is 5.19. The number of H-pyrrole nitrogens is 1. The van der Waals surface area contributed by atoms with E-state index in [4.69, 9.17) is 9.72 Å². The van der Waals surface area contributed by atoms with Crippen molar-refractivity contribution in [3.8, 4) is 17.0 Å². The number of piperidine rings is 1. The molecule has 0 amide bonds. The lowest BCUT2D eigenvalue weighted by atomic mass is 9.91. The number of hydrogen-bond donors (Lipinski definition) is 1. The van der Waals surface area contributed by atoms with Crippen LogP contribution in [0.4, 0.5) is 5.95 Å². The molecule has 31 heavy (non-hydrogen) atoms. The van der Waals surface area contributed by atoms with Crippen LogP contribution >= 0.6 is 0 Å². The van der Waals surface area contributed by atoms with Gasteiger partial charge in [-0.25, -0.2) is 9.97 Å². The molecule has 0 aliphatic carbocycles. The molecule has 4 heterocycles. The monoisotopic (exact) mass is 418 g/mol. The molecule has 7 heteroatoms. The average molecular weight is 419 g/mol. The highest BCUT2D eigenvalue weighted by Gasteiger charge is 2.26. The van der Waals surface area contributed by atoms with E-state index < -0.39 is 0 Å². The van der Waals surface area contributed by atoms with Crippen LogP contribution in [0, 0.1) is 0 Å². The van der Waals surface area contributed by atoms with Gasteiger partial charge in [0.25, 0.3) is 0 Å². The summed E-state index contributed by atoms with van der Waals surface area (Å²) in [7, 11) is 1.71. The number of ether oxygens (including phenoxy) is 1. The number of methoxy groups -OCH3 is 1. The van der Waals surface area contributed by atoms with Gasteiger partial charge >= 0.3 is 0 Å². The quantitative estimate of drug-likeness (QED) is 0.656. The van der Waals surface area contributed by atoms with Gasteiger partial charge in [-0.2, -0.15) is 5.10 Å². The van der Waals surface area contributed by atoms with E-state index in [-0.39, 0.29) is 0 Å². The zero-order chi connectivity index (χ0) is 21.0. The Bertz CT molecular complexity index is 995. The van der Waals surface area contributed by atoms with Crippen LogP contribution < -0.4 is 9.64 Å². The predicted molar refractivity (Wildman–Crippen MR) is 121 cm³/mol. The molecule has 1 N–H and O–H groups in total. The number of anilines is 1. The lowest BCUT2D eigenvalue weighted by Crippen LogP contribution is -2.34. The van der Waals surface area contributed by atoms with E-state index >= 15 is 0 Å². The number of nitrogens with one attached hydrogen (secondary N) is 1. The van der Waals surface area contributed by atoms with Crippen molar-refractivity contribution in [2.24, 2.45) is 0 Å². The van der Waals surface area contributed by atoms with Crippen LogP contribution in [0.3, 0.4) is 0 Å². The molecule has 2 aliphatic rings. The Kier molecular flexibility index (Phi) is 5.84. The maximum absolute atomic E-state index is 5.28. The molecule has 0 bridgehead atoms. The van der Waals surface area contributed by atoms with Crippen LogP contribution in [0.2, 0.25) is 0 Å². The van der Waals surface area contributed by atoms with Crippen LogP contribution in [-0.4, -0.2) is 58.4 Å². The summed E-state index contributed by atoms with van der Waals surface area (Å²) in [6.07, 6.45) is 8.59. The number of likely N-dealkylation sites (tertiary alicyclic amines) is 1. The van der Waals surface area contributed by atoms with Gasteiger partial charge in [0, 0.05) is 49.6 Å². The fourth-order valence-electron chi connectivity index (χ4n) is 4.80. The molecule has 2 aliphatic heterocycles. The molecule has 0 saturated carbocycles. The van der Waals surface area contributed by atoms with E-state index in [9.17, 15) is 0 Å². The van der Waals surface area contributed by atoms with Crippen LogP contribution in [0.5, 0.6) is 5.75 Å². The van der Waals surface area contributed by atoms with Gasteiger partial charge in [0.1, 0.15) is 5.75 Å². The van der Waals surface area contributed by atoms with Gasteiger partial charge in [-0.05, 0) is 56.0 Å². The Hall–Kier alpha value is -2.93. The van der Waals surface area contributed by atoms with Gasteiger partial charge in [0.15, 0.2) is 0 Å². The van der Waals surface area contributed by atoms with Gasteiger partial charge in [-0.1, -0.05) is 12.1 Å². The molecule has 2 fully saturated rings. The molecule has 1 aromatic carbocycles. The van der Waals surface area contributed by atoms with E-state index in [0.717, 1.165) is 55.7 Å². The standard InChI is InChI=1S/C24H30N6O/c1-31-20-8-6-18(7-9-20)16-29-12-4-5-19(17-29)23-21(15-26-28-23)22-10-11-25-24(27-22)30-13-2-3-14-30/h6-11,15,19H,2-5,12-14,16-17H2,1H3,(H,26,28). The zero-order valence-electron chi connectivity index (χ0n) is 18.1. The number of aromatic amines is 1. The lowest BCUT2D eigenvalue weighted by Gasteiger charge is -2.32. The summed E-state index contributed by atoms with van der Waals surface area (Å²) in [5.41, 5.74) is 4.59. The highest BCUT2D eigenvalue weighted by Crippen LogP contribution is 2.33. The largest absolute Gasteiger partial charge is 0.497 e. The van der Waals surface area contributed by atoms with Gasteiger partial charge in [0.2, 0.25) is 5.95 Å². The third-order valence-corrected chi connectivity index (χ3v) is 6.46. The first-order chi connectivity index (χ1) is 15.3. The number of aromatic nitrogens is 4. The fourth-order valence-corrected chi connectivity index (χ4v) is 4.80. The first-order valence-electron chi connectivity index (χ1n) is 11.3. The average Bonchev–Trinajstić information content (AvgIpc) is 3.52. The van der Waals surface area contributed by atoms with Crippen molar-refractivity contribution < 1.29 is 4.74 Å². The van der Waals surface area contributed by atoms with Crippen molar-refractivity contribution in [3.05, 3.63) is 54.0 Å². The molecule has 1 unspecified atom stereocenters. The Morgan fingerprint density at radius 1 is 1.06 bits per heavy atom. The second-order valence-electron chi connectivity index (χ2n) is 8.56. The minimum Gasteiger partial charge on any atom is -0.497 e. The molecule has 7 nitrogen and oxygen atoms in total. The second kappa shape index (κ2) is 9.06. The molecule has 5 rings (SSSR count). The van der Waals surface area contributed by atoms with Gasteiger partial charge < -0.3 is 9.64 Å². The van der Waals surface area contributed by atoms with Gasteiger partial charge in [0.05, 0.1) is 19.0 Å². The van der Waals surface area contributed by atoms with Crippen LogP contribution in [0.15, 0.2) is 42.7 Å². The third-order valence-electron chi connectivity index (χ3n) is 6.46. The Labute approximate surface area is 183 Å². The third kappa shape index (κ3) is 4.42. The van der Waals surface area contributed by atoms with E-state index in [0.29, 0.717) is 5.92 Å². The van der Waals surface area contributed by atoms with E-state index in [2.05, 4.69) is 37.1 Å². The van der Waals surface area contributed by atoms with Crippen molar-refractivity contribution in [1.82, 2.24) is 25.1 Å². The summed E-state index contributed by atoms with van der Waals surface area (Å²) in [5.74, 6) is 2.17. The molecule has 2 aromatic heterocycles. The normalized spacial score (nSPS) is 19.6. The van der Waals surface area contributed by atoms with Crippen molar-refractivity contribution >= 4 is 5.95 Å². The van der Waals surface area contributed by atoms with Gasteiger partial charge in [-0.3, -0.25) is 10.00 Å². The lowest BCUT2D eigenvalue weighted by molar-refractivity contribution is 0.198. The first-order valence-corrected chi connectivity index (χ1v) is 11.3. The first kappa shape index (κ1) is 20.0. The molecule has 2 saturated heterocycles. The Morgan fingerprint density at radius 2 is 1.90 bits per heavy atom. The summed E-state index contributed by atoms with van der Waals surface area (Å²) in [4.78, 5) is 14.2. The Balaban J connectivity index is 1.32. The molecule has 0 radical (unpaired) electrons. The van der Waals surface area contributed by atoms with E-state index in [1.807, 2.05) is 30.6 Å². The highest BCUT2D eigenvalue weighted by molar-refractivity contribution is 5.63. The Morgan fingerprint density at radius 3 is 2.71 bits per heavy atom. The zero-order valence-corrected chi connectivity index (χ0v) is 18.1. The van der Waals surface area contributed by atoms with Crippen molar-refractivity contribution in [2.45, 2.75) is 38.1 Å². The number of rotatable bonds is 6. The summed E-state index contributed by atoms with van der Waals surface area (Å²) >= 11 is 0. The minimum atomic E-state index is 0.426. The predicted octanol–water partition coefficient (Wildman–Crippen LogP) is 3.86. The maximum atomic E-state index is 5.28. The smallest absolute Gasteiger partial charge is 0.225 e. The van der Waals surface area contributed by atoms with Crippen molar-refractivity contribution in [3.63, 3.8) is 0 Å². The van der Waals surface area contributed by atoms with Gasteiger partial charge in [-0.15, -0.1) is 0 Å². The van der Waals surface area contributed by atoms with E-state index in [1.54, 1.807) is 7.11 Å². The number of nitrogens with zero attached hydrogens (tertiary/aromatic N) is 5. The second-order valence-corrected chi connectivity index (χ2v) is 8.56. The molecule has 1 atom stereocenters. The van der Waals surface area contributed by atoms with Crippen molar-refractivity contribution in [2.75, 3.05) is 38.2 Å². The minimum absolute atomic E-state index is 0.426. The molecule has 0 spiro atoms. The SMILES string of the molecule is COc1ccc(CN2CCCC(c3[nH]ncc3-c3ccnc(N4CCCC4)n3)C2)cc1. The fraction of sp³-hybridized carbons (Fsp3) is 0.458. The van der Waals surface area contributed by atoms with E-state index in [1.165, 1.54) is 36.9 Å².